The molecule has 0 saturated carbocycles. The molecule has 0 aromatic carbocycles. The SMILES string of the molecule is C=CCC(=O)CC=C.CCOCCO.CO. The fourth-order valence-corrected chi connectivity index (χ4v) is 0.614. The average molecular weight is 232 g/mol. The Labute approximate surface area is 98.2 Å². The van der Waals surface area contributed by atoms with Gasteiger partial charge in [0.15, 0.2) is 0 Å². The summed E-state index contributed by atoms with van der Waals surface area (Å²) in [6, 6.07) is 0. The minimum atomic E-state index is 0.133. The summed E-state index contributed by atoms with van der Waals surface area (Å²) in [7, 11) is 1.00. The Bertz CT molecular complexity index is 139. The molecule has 0 unspecified atom stereocenters. The molecule has 0 amide bonds. The van der Waals surface area contributed by atoms with Crippen LogP contribution in [0.4, 0.5) is 0 Å². The van der Waals surface area contributed by atoms with Gasteiger partial charge in [-0.15, -0.1) is 13.2 Å². The summed E-state index contributed by atoms with van der Waals surface area (Å²) in [6.07, 6.45) is 4.13. The van der Waals surface area contributed by atoms with Crippen LogP contribution in [0, 0.1) is 0 Å². The van der Waals surface area contributed by atoms with Gasteiger partial charge < -0.3 is 14.9 Å². The Balaban J connectivity index is -0.000000188. The van der Waals surface area contributed by atoms with E-state index in [9.17, 15) is 4.79 Å². The molecule has 0 aromatic rings. The lowest BCUT2D eigenvalue weighted by molar-refractivity contribution is -0.117. The lowest BCUT2D eigenvalue weighted by Crippen LogP contribution is -1.96. The number of aliphatic hydroxyl groups excluding tert-OH is 2. The van der Waals surface area contributed by atoms with E-state index in [1.54, 1.807) is 12.2 Å². The number of carbonyl (C=O) groups excluding carboxylic acids is 1. The van der Waals surface area contributed by atoms with Gasteiger partial charge in [0.2, 0.25) is 0 Å². The van der Waals surface area contributed by atoms with E-state index in [2.05, 4.69) is 13.2 Å². The van der Waals surface area contributed by atoms with Gasteiger partial charge in [-0.3, -0.25) is 4.79 Å². The molecule has 0 spiro atoms. The second kappa shape index (κ2) is 23.7. The molecule has 4 heteroatoms. The normalized spacial score (nSPS) is 7.75. The number of allylic oxidation sites excluding steroid dienone is 2. The number of hydrogen-bond donors (Lipinski definition) is 2. The quantitative estimate of drug-likeness (QED) is 0.513. The maximum Gasteiger partial charge on any atom is 0.140 e. The van der Waals surface area contributed by atoms with Crippen LogP contribution in [0.1, 0.15) is 19.8 Å². The first-order valence-electron chi connectivity index (χ1n) is 5.09. The topological polar surface area (TPSA) is 66.8 Å². The number of aliphatic hydroxyl groups is 2. The molecule has 16 heavy (non-hydrogen) atoms. The summed E-state index contributed by atoms with van der Waals surface area (Å²) in [5.41, 5.74) is 0. The van der Waals surface area contributed by atoms with Crippen LogP contribution in [-0.2, 0) is 9.53 Å². The highest BCUT2D eigenvalue weighted by atomic mass is 16.5. The van der Waals surface area contributed by atoms with Crippen molar-refractivity contribution in [2.75, 3.05) is 26.9 Å². The molecule has 0 atom stereocenters. The van der Waals surface area contributed by atoms with Crippen LogP contribution in [0.15, 0.2) is 25.3 Å². The molecule has 0 rings (SSSR count). The van der Waals surface area contributed by atoms with E-state index in [1.165, 1.54) is 0 Å². The third-order valence-electron chi connectivity index (χ3n) is 1.18. The van der Waals surface area contributed by atoms with Gasteiger partial charge in [0.1, 0.15) is 5.78 Å². The summed E-state index contributed by atoms with van der Waals surface area (Å²) in [6.45, 7) is 10.1. The van der Waals surface area contributed by atoms with E-state index in [0.29, 0.717) is 26.1 Å². The number of ether oxygens (including phenoxy) is 1. The van der Waals surface area contributed by atoms with Crippen LogP contribution in [-0.4, -0.2) is 42.9 Å². The van der Waals surface area contributed by atoms with E-state index in [-0.39, 0.29) is 12.4 Å². The first-order chi connectivity index (χ1) is 7.72. The zero-order valence-corrected chi connectivity index (χ0v) is 10.3. The van der Waals surface area contributed by atoms with Gasteiger partial charge in [0, 0.05) is 26.6 Å². The first kappa shape index (κ1) is 20.4. The lowest BCUT2D eigenvalue weighted by atomic mass is 10.2. The molecule has 4 nitrogen and oxygen atoms in total. The average Bonchev–Trinajstić information content (AvgIpc) is 2.30. The Morgan fingerprint density at radius 3 is 1.88 bits per heavy atom. The van der Waals surface area contributed by atoms with Crippen LogP contribution in [0.5, 0.6) is 0 Å². The zero-order valence-electron chi connectivity index (χ0n) is 10.3. The highest BCUT2D eigenvalue weighted by Crippen LogP contribution is 1.89. The number of Topliss-reactive ketones (excluding diaryl/α,β-unsaturated/α-hetero) is 1. The van der Waals surface area contributed by atoms with Crippen molar-refractivity contribution in [3.63, 3.8) is 0 Å². The van der Waals surface area contributed by atoms with Crippen LogP contribution >= 0.6 is 0 Å². The Kier molecular flexibility index (Phi) is 30.3. The number of hydrogen-bond acceptors (Lipinski definition) is 4. The van der Waals surface area contributed by atoms with Crippen LogP contribution in [0.25, 0.3) is 0 Å². The summed E-state index contributed by atoms with van der Waals surface area (Å²) in [4.78, 5) is 10.5. The van der Waals surface area contributed by atoms with Gasteiger partial charge in [-0.25, -0.2) is 0 Å². The monoisotopic (exact) mass is 232 g/mol. The molecular formula is C12H24O4. The van der Waals surface area contributed by atoms with Crippen molar-refractivity contribution in [1.82, 2.24) is 0 Å². The van der Waals surface area contributed by atoms with Crippen LogP contribution in [0.2, 0.25) is 0 Å². The van der Waals surface area contributed by atoms with Crippen molar-refractivity contribution in [2.45, 2.75) is 19.8 Å². The Hall–Kier alpha value is -0.970. The van der Waals surface area contributed by atoms with E-state index in [0.717, 1.165) is 7.11 Å². The number of rotatable bonds is 7. The van der Waals surface area contributed by atoms with Gasteiger partial charge in [-0.05, 0) is 6.92 Å². The van der Waals surface area contributed by atoms with Crippen molar-refractivity contribution in [3.05, 3.63) is 25.3 Å². The molecule has 0 radical (unpaired) electrons. The molecule has 0 fully saturated rings. The van der Waals surface area contributed by atoms with E-state index in [4.69, 9.17) is 14.9 Å². The zero-order chi connectivity index (χ0) is 13.2. The Morgan fingerprint density at radius 2 is 1.69 bits per heavy atom. The predicted molar refractivity (Wildman–Crippen MR) is 66.4 cm³/mol. The molecular weight excluding hydrogens is 208 g/mol. The minimum Gasteiger partial charge on any atom is -0.400 e. The van der Waals surface area contributed by atoms with Gasteiger partial charge in [-0.1, -0.05) is 12.2 Å². The van der Waals surface area contributed by atoms with E-state index in [1.807, 2.05) is 6.92 Å². The molecule has 0 aromatic heterocycles. The van der Waals surface area contributed by atoms with Crippen molar-refractivity contribution in [3.8, 4) is 0 Å². The van der Waals surface area contributed by atoms with Crippen molar-refractivity contribution in [2.24, 2.45) is 0 Å². The third kappa shape index (κ3) is 29.2. The summed E-state index contributed by atoms with van der Waals surface area (Å²) in [5, 5.41) is 15.1. The number of ketones is 1. The van der Waals surface area contributed by atoms with Crippen LogP contribution in [0.3, 0.4) is 0 Å². The predicted octanol–water partition coefficient (Wildman–Crippen LogP) is 1.33. The largest absolute Gasteiger partial charge is 0.400 e. The molecule has 2 N–H and O–H groups in total. The molecule has 0 aliphatic rings. The van der Waals surface area contributed by atoms with Crippen molar-refractivity contribution >= 4 is 5.78 Å². The molecule has 0 saturated heterocycles. The second-order valence-corrected chi connectivity index (χ2v) is 2.44. The standard InChI is InChI=1S/C7H10O.C4H10O2.CH4O/c1-3-5-7(8)6-4-2;1-2-6-4-3-5;1-2/h3-4H,1-2,5-6H2;5H,2-4H2,1H3;2H,1H3. The minimum absolute atomic E-state index is 0.133. The number of carbonyl (C=O) groups is 1. The Morgan fingerprint density at radius 1 is 1.25 bits per heavy atom. The fourth-order valence-electron chi connectivity index (χ4n) is 0.614. The molecule has 0 heterocycles. The van der Waals surface area contributed by atoms with Gasteiger partial charge in [0.25, 0.3) is 0 Å². The van der Waals surface area contributed by atoms with Crippen molar-refractivity contribution in [1.29, 1.82) is 0 Å². The molecule has 0 aliphatic heterocycles. The van der Waals surface area contributed by atoms with Gasteiger partial charge >= 0.3 is 0 Å². The highest BCUT2D eigenvalue weighted by molar-refractivity contribution is 5.80. The fraction of sp³-hybridized carbons (Fsp3) is 0.583. The summed E-state index contributed by atoms with van der Waals surface area (Å²) < 4.78 is 4.73. The molecule has 0 bridgehead atoms. The van der Waals surface area contributed by atoms with Gasteiger partial charge in [0.05, 0.1) is 13.2 Å². The maximum atomic E-state index is 10.5. The third-order valence-corrected chi connectivity index (χ3v) is 1.18. The van der Waals surface area contributed by atoms with E-state index >= 15 is 0 Å². The van der Waals surface area contributed by atoms with Crippen LogP contribution < -0.4 is 0 Å². The summed E-state index contributed by atoms with van der Waals surface area (Å²) in [5.74, 6) is 0.176. The van der Waals surface area contributed by atoms with Crippen molar-refractivity contribution < 1.29 is 19.7 Å². The smallest absolute Gasteiger partial charge is 0.140 e. The highest BCUT2D eigenvalue weighted by Gasteiger charge is 1.91. The van der Waals surface area contributed by atoms with Gasteiger partial charge in [-0.2, -0.15) is 0 Å². The molecule has 96 valence electrons. The maximum absolute atomic E-state index is 10.5. The van der Waals surface area contributed by atoms with E-state index < -0.39 is 0 Å². The molecule has 0 aliphatic carbocycles. The summed E-state index contributed by atoms with van der Waals surface area (Å²) >= 11 is 0. The second-order valence-electron chi connectivity index (χ2n) is 2.44. The lowest BCUT2D eigenvalue weighted by Gasteiger charge is -1.91. The first-order valence-corrected chi connectivity index (χ1v) is 5.09.